The lowest BCUT2D eigenvalue weighted by atomic mass is 10.0. The van der Waals surface area contributed by atoms with Crippen molar-refractivity contribution in [2.75, 3.05) is 13.6 Å². The fourth-order valence-corrected chi connectivity index (χ4v) is 3.35. The van der Waals surface area contributed by atoms with Crippen LogP contribution in [0.25, 0.3) is 22.3 Å². The van der Waals surface area contributed by atoms with E-state index in [1.165, 1.54) is 0 Å². The van der Waals surface area contributed by atoms with Crippen molar-refractivity contribution < 1.29 is 14.7 Å². The molecule has 7 nitrogen and oxygen atoms in total. The number of nitrogens with zero attached hydrogens (tertiary/aromatic N) is 4. The van der Waals surface area contributed by atoms with Gasteiger partial charge in [0.2, 0.25) is 0 Å². The maximum Gasteiger partial charge on any atom is 0.303 e. The van der Waals surface area contributed by atoms with Crippen molar-refractivity contribution in [1.29, 1.82) is 0 Å². The van der Waals surface area contributed by atoms with Crippen LogP contribution >= 0.6 is 0 Å². The SMILES string of the molecule is Cc1ccccc1-c1cc(C(=O)N(C)CCCC(=O)O)c2cnn(C(C)C)c2n1. The number of carbonyl (C=O) groups is 2. The van der Waals surface area contributed by atoms with Gasteiger partial charge in [0.1, 0.15) is 0 Å². The third-order valence-electron chi connectivity index (χ3n) is 4.94. The van der Waals surface area contributed by atoms with Crippen molar-refractivity contribution in [2.24, 2.45) is 0 Å². The van der Waals surface area contributed by atoms with Crippen LogP contribution < -0.4 is 0 Å². The Morgan fingerprint density at radius 3 is 2.62 bits per heavy atom. The average molecular weight is 394 g/mol. The predicted molar refractivity (Wildman–Crippen MR) is 112 cm³/mol. The van der Waals surface area contributed by atoms with Gasteiger partial charge in [-0.1, -0.05) is 24.3 Å². The molecule has 0 saturated carbocycles. The Bertz CT molecular complexity index is 1060. The van der Waals surface area contributed by atoms with Crippen LogP contribution in [0.15, 0.2) is 36.5 Å². The first-order valence-corrected chi connectivity index (χ1v) is 9.71. The average Bonchev–Trinajstić information content (AvgIpc) is 3.11. The minimum absolute atomic E-state index is 0.0309. The van der Waals surface area contributed by atoms with Crippen molar-refractivity contribution in [3.63, 3.8) is 0 Å². The molecule has 3 rings (SSSR count). The zero-order valence-corrected chi connectivity index (χ0v) is 17.2. The first-order chi connectivity index (χ1) is 13.8. The quantitative estimate of drug-likeness (QED) is 0.656. The lowest BCUT2D eigenvalue weighted by Gasteiger charge is -2.18. The summed E-state index contributed by atoms with van der Waals surface area (Å²) in [7, 11) is 1.69. The molecular weight excluding hydrogens is 368 g/mol. The monoisotopic (exact) mass is 394 g/mol. The van der Waals surface area contributed by atoms with Crippen LogP contribution in [0.2, 0.25) is 0 Å². The number of carboxylic acid groups (broad SMARTS) is 1. The number of aryl methyl sites for hydroxylation is 1. The van der Waals surface area contributed by atoms with Crippen LogP contribution in [0, 0.1) is 6.92 Å². The molecule has 1 N–H and O–H groups in total. The van der Waals surface area contributed by atoms with Gasteiger partial charge in [-0.05, 0) is 38.8 Å². The minimum atomic E-state index is -0.864. The van der Waals surface area contributed by atoms with Crippen LogP contribution in [0.5, 0.6) is 0 Å². The highest BCUT2D eigenvalue weighted by Crippen LogP contribution is 2.28. The van der Waals surface area contributed by atoms with Crippen molar-refractivity contribution in [1.82, 2.24) is 19.7 Å². The molecule has 0 saturated heterocycles. The molecule has 0 spiro atoms. The van der Waals surface area contributed by atoms with E-state index >= 15 is 0 Å². The summed E-state index contributed by atoms with van der Waals surface area (Å²) in [5, 5.41) is 14.0. The highest BCUT2D eigenvalue weighted by Gasteiger charge is 2.21. The van der Waals surface area contributed by atoms with Crippen molar-refractivity contribution in [3.05, 3.63) is 47.7 Å². The molecule has 7 heteroatoms. The van der Waals surface area contributed by atoms with E-state index in [0.717, 1.165) is 16.8 Å². The lowest BCUT2D eigenvalue weighted by Crippen LogP contribution is -2.28. The van der Waals surface area contributed by atoms with Gasteiger partial charge in [-0.2, -0.15) is 5.10 Å². The molecule has 0 radical (unpaired) electrons. The van der Waals surface area contributed by atoms with Gasteiger partial charge in [0, 0.05) is 31.6 Å². The Morgan fingerprint density at radius 1 is 1.24 bits per heavy atom. The standard InChI is InChI=1S/C22H26N4O3/c1-14(2)26-21-18(13-23-26)17(22(29)25(4)11-7-10-20(27)28)12-19(24-21)16-9-6-5-8-15(16)3/h5-6,8-9,12-14H,7,10-11H2,1-4H3,(H,27,28). The molecule has 0 fully saturated rings. The maximum absolute atomic E-state index is 13.2. The molecule has 1 aromatic carbocycles. The molecule has 2 heterocycles. The van der Waals surface area contributed by atoms with Crippen LogP contribution in [-0.4, -0.2) is 50.2 Å². The number of aromatic nitrogens is 3. The van der Waals surface area contributed by atoms with E-state index in [2.05, 4.69) is 5.10 Å². The summed E-state index contributed by atoms with van der Waals surface area (Å²) >= 11 is 0. The summed E-state index contributed by atoms with van der Waals surface area (Å²) < 4.78 is 1.82. The number of hydrogen-bond donors (Lipinski definition) is 1. The first kappa shape index (κ1) is 20.5. The van der Waals surface area contributed by atoms with Crippen molar-refractivity contribution in [2.45, 2.75) is 39.7 Å². The maximum atomic E-state index is 13.2. The van der Waals surface area contributed by atoms with Crippen LogP contribution in [-0.2, 0) is 4.79 Å². The van der Waals surface area contributed by atoms with E-state index in [9.17, 15) is 9.59 Å². The summed E-state index contributed by atoms with van der Waals surface area (Å²) in [5.41, 5.74) is 3.96. The normalized spacial score (nSPS) is 11.2. The number of hydrogen-bond acceptors (Lipinski definition) is 4. The zero-order chi connectivity index (χ0) is 21.1. The van der Waals surface area contributed by atoms with Gasteiger partial charge in [-0.25, -0.2) is 9.67 Å². The summed E-state index contributed by atoms with van der Waals surface area (Å²) in [6.07, 6.45) is 2.12. The third kappa shape index (κ3) is 4.29. The first-order valence-electron chi connectivity index (χ1n) is 9.71. The Morgan fingerprint density at radius 2 is 1.97 bits per heavy atom. The smallest absolute Gasteiger partial charge is 0.303 e. The number of benzene rings is 1. The summed E-state index contributed by atoms with van der Waals surface area (Å²) in [4.78, 5) is 30.4. The summed E-state index contributed by atoms with van der Waals surface area (Å²) in [5.74, 6) is -1.03. The molecular formula is C22H26N4O3. The Labute approximate surface area is 170 Å². The van der Waals surface area contributed by atoms with Gasteiger partial charge in [0.25, 0.3) is 5.91 Å². The molecule has 0 bridgehead atoms. The van der Waals surface area contributed by atoms with Crippen LogP contribution in [0.3, 0.4) is 0 Å². The predicted octanol–water partition coefficient (Wildman–Crippen LogP) is 3.92. The van der Waals surface area contributed by atoms with Gasteiger partial charge < -0.3 is 10.0 Å². The van der Waals surface area contributed by atoms with Gasteiger partial charge in [0.15, 0.2) is 5.65 Å². The molecule has 1 amide bonds. The zero-order valence-electron chi connectivity index (χ0n) is 17.2. The topological polar surface area (TPSA) is 88.3 Å². The minimum Gasteiger partial charge on any atom is -0.481 e. The number of pyridine rings is 1. The number of carboxylic acids is 1. The molecule has 0 unspecified atom stereocenters. The highest BCUT2D eigenvalue weighted by molar-refractivity contribution is 6.06. The third-order valence-corrected chi connectivity index (χ3v) is 4.94. The van der Waals surface area contributed by atoms with E-state index in [0.29, 0.717) is 29.6 Å². The number of aliphatic carboxylic acids is 1. The van der Waals surface area contributed by atoms with Crippen LogP contribution in [0.4, 0.5) is 0 Å². The molecule has 152 valence electrons. The summed E-state index contributed by atoms with van der Waals surface area (Å²) in [6.45, 7) is 6.43. The molecule has 0 aliphatic carbocycles. The molecule has 2 aromatic heterocycles. The molecule has 0 aliphatic rings. The van der Waals surface area contributed by atoms with Crippen LogP contribution in [0.1, 0.15) is 48.7 Å². The Balaban J connectivity index is 2.09. The molecule has 3 aromatic rings. The largest absolute Gasteiger partial charge is 0.481 e. The lowest BCUT2D eigenvalue weighted by molar-refractivity contribution is -0.137. The van der Waals surface area contributed by atoms with E-state index in [4.69, 9.17) is 10.1 Å². The Hall–Kier alpha value is -3.22. The highest BCUT2D eigenvalue weighted by atomic mass is 16.4. The van der Waals surface area contributed by atoms with Crippen molar-refractivity contribution in [3.8, 4) is 11.3 Å². The second kappa shape index (κ2) is 8.43. The van der Waals surface area contributed by atoms with Gasteiger partial charge in [0.05, 0.1) is 22.8 Å². The molecule has 29 heavy (non-hydrogen) atoms. The van der Waals surface area contributed by atoms with E-state index in [1.54, 1.807) is 18.1 Å². The van der Waals surface area contributed by atoms with Gasteiger partial charge >= 0.3 is 5.97 Å². The fourth-order valence-electron chi connectivity index (χ4n) is 3.35. The molecule has 0 aliphatic heterocycles. The van der Waals surface area contributed by atoms with E-state index in [-0.39, 0.29) is 18.4 Å². The Kier molecular flexibility index (Phi) is 5.96. The fraction of sp³-hybridized carbons (Fsp3) is 0.364. The number of carbonyl (C=O) groups excluding carboxylic acids is 1. The van der Waals surface area contributed by atoms with Crippen molar-refractivity contribution >= 4 is 22.9 Å². The van der Waals surface area contributed by atoms with E-state index < -0.39 is 5.97 Å². The number of fused-ring (bicyclic) bond motifs is 1. The second-order valence-corrected chi connectivity index (χ2v) is 7.51. The van der Waals surface area contributed by atoms with Gasteiger partial charge in [-0.3, -0.25) is 9.59 Å². The molecule has 0 atom stereocenters. The number of amides is 1. The number of rotatable bonds is 7. The van der Waals surface area contributed by atoms with Gasteiger partial charge in [-0.15, -0.1) is 0 Å². The summed E-state index contributed by atoms with van der Waals surface area (Å²) in [6, 6.07) is 9.84. The second-order valence-electron chi connectivity index (χ2n) is 7.51. The van der Waals surface area contributed by atoms with E-state index in [1.807, 2.05) is 55.8 Å².